The Morgan fingerprint density at radius 1 is 1.50 bits per heavy atom. The fourth-order valence-electron chi connectivity index (χ4n) is 3.49. The first-order valence-electron chi connectivity index (χ1n) is 7.68. The summed E-state index contributed by atoms with van der Waals surface area (Å²) in [5.74, 6) is 0.710. The van der Waals surface area contributed by atoms with Gasteiger partial charge in [0.1, 0.15) is 0 Å². The average molecular weight is 338 g/mol. The SMILES string of the molecule is CCC1CCCC(C#N)(Cc2c(Br)c(C)nn2CC)C1. The molecule has 1 aliphatic carbocycles. The summed E-state index contributed by atoms with van der Waals surface area (Å²) in [7, 11) is 0. The van der Waals surface area contributed by atoms with Crippen molar-refractivity contribution in [3.8, 4) is 6.07 Å². The summed E-state index contributed by atoms with van der Waals surface area (Å²) < 4.78 is 3.14. The van der Waals surface area contributed by atoms with Crippen molar-refractivity contribution in [3.05, 3.63) is 15.9 Å². The van der Waals surface area contributed by atoms with Crippen LogP contribution in [0.25, 0.3) is 0 Å². The maximum atomic E-state index is 9.78. The Balaban J connectivity index is 2.29. The van der Waals surface area contributed by atoms with Crippen LogP contribution in [0.15, 0.2) is 4.47 Å². The number of hydrogen-bond donors (Lipinski definition) is 0. The number of hydrogen-bond acceptors (Lipinski definition) is 2. The molecule has 1 fully saturated rings. The third kappa shape index (κ3) is 2.93. The molecule has 2 unspecified atom stereocenters. The monoisotopic (exact) mass is 337 g/mol. The summed E-state index contributed by atoms with van der Waals surface area (Å²) in [5, 5.41) is 14.3. The molecule has 0 spiro atoms. The molecule has 0 amide bonds. The molecule has 0 radical (unpaired) electrons. The first-order chi connectivity index (χ1) is 9.55. The summed E-state index contributed by atoms with van der Waals surface area (Å²) in [6.07, 6.45) is 6.56. The molecule has 1 aromatic rings. The highest BCUT2D eigenvalue weighted by atomic mass is 79.9. The van der Waals surface area contributed by atoms with Crippen molar-refractivity contribution in [2.24, 2.45) is 11.3 Å². The molecule has 2 rings (SSSR count). The number of nitriles is 1. The van der Waals surface area contributed by atoms with Crippen LogP contribution >= 0.6 is 15.9 Å². The molecular formula is C16H24BrN3. The molecule has 20 heavy (non-hydrogen) atoms. The molecule has 0 aromatic carbocycles. The predicted molar refractivity (Wildman–Crippen MR) is 84.3 cm³/mol. The summed E-state index contributed by atoms with van der Waals surface area (Å²) in [5.41, 5.74) is 2.03. The Hall–Kier alpha value is -0.820. The van der Waals surface area contributed by atoms with E-state index in [1.807, 2.05) is 11.6 Å². The van der Waals surface area contributed by atoms with E-state index >= 15 is 0 Å². The van der Waals surface area contributed by atoms with Crippen LogP contribution in [0.3, 0.4) is 0 Å². The zero-order chi connectivity index (χ0) is 14.8. The molecule has 110 valence electrons. The zero-order valence-electron chi connectivity index (χ0n) is 12.7. The van der Waals surface area contributed by atoms with Crippen LogP contribution in [0.2, 0.25) is 0 Å². The highest BCUT2D eigenvalue weighted by molar-refractivity contribution is 9.10. The van der Waals surface area contributed by atoms with E-state index in [1.165, 1.54) is 25.0 Å². The minimum atomic E-state index is -0.194. The Morgan fingerprint density at radius 2 is 2.25 bits per heavy atom. The van der Waals surface area contributed by atoms with Crippen molar-refractivity contribution in [2.75, 3.05) is 0 Å². The molecule has 0 saturated heterocycles. The lowest BCUT2D eigenvalue weighted by molar-refractivity contribution is 0.190. The summed E-state index contributed by atoms with van der Waals surface area (Å²) in [6.45, 7) is 7.24. The Bertz CT molecular complexity index is 515. The first kappa shape index (κ1) is 15.6. The van der Waals surface area contributed by atoms with Crippen LogP contribution in [0.5, 0.6) is 0 Å². The number of aromatic nitrogens is 2. The van der Waals surface area contributed by atoms with Crippen molar-refractivity contribution < 1.29 is 0 Å². The molecular weight excluding hydrogens is 314 g/mol. The van der Waals surface area contributed by atoms with Crippen LogP contribution in [0.4, 0.5) is 0 Å². The van der Waals surface area contributed by atoms with Gasteiger partial charge in [0, 0.05) is 13.0 Å². The normalized spacial score (nSPS) is 26.4. The van der Waals surface area contributed by atoms with E-state index in [0.29, 0.717) is 5.92 Å². The maximum Gasteiger partial charge on any atom is 0.0738 e. The molecule has 2 atom stereocenters. The second-order valence-corrected chi connectivity index (χ2v) is 6.89. The van der Waals surface area contributed by atoms with Gasteiger partial charge in [-0.05, 0) is 48.5 Å². The maximum absolute atomic E-state index is 9.78. The van der Waals surface area contributed by atoms with Crippen LogP contribution in [0.1, 0.15) is 57.3 Å². The van der Waals surface area contributed by atoms with Gasteiger partial charge in [-0.15, -0.1) is 0 Å². The predicted octanol–water partition coefficient (Wildman–Crippen LogP) is 4.63. The van der Waals surface area contributed by atoms with Gasteiger partial charge in [-0.3, -0.25) is 4.68 Å². The van der Waals surface area contributed by atoms with Crippen LogP contribution < -0.4 is 0 Å². The van der Waals surface area contributed by atoms with Gasteiger partial charge in [0.2, 0.25) is 0 Å². The summed E-state index contributed by atoms with van der Waals surface area (Å²) in [6, 6.07) is 2.66. The summed E-state index contributed by atoms with van der Waals surface area (Å²) in [4.78, 5) is 0. The zero-order valence-corrected chi connectivity index (χ0v) is 14.3. The van der Waals surface area contributed by atoms with Crippen LogP contribution in [-0.2, 0) is 13.0 Å². The van der Waals surface area contributed by atoms with E-state index in [4.69, 9.17) is 0 Å². The molecule has 0 aliphatic heterocycles. The largest absolute Gasteiger partial charge is 0.268 e. The smallest absolute Gasteiger partial charge is 0.0738 e. The van der Waals surface area contributed by atoms with E-state index in [0.717, 1.165) is 36.0 Å². The lowest BCUT2D eigenvalue weighted by Gasteiger charge is -2.35. The van der Waals surface area contributed by atoms with Crippen molar-refractivity contribution in [3.63, 3.8) is 0 Å². The average Bonchev–Trinajstić information content (AvgIpc) is 2.75. The van der Waals surface area contributed by atoms with Gasteiger partial charge in [0.15, 0.2) is 0 Å². The van der Waals surface area contributed by atoms with Gasteiger partial charge in [0.25, 0.3) is 0 Å². The third-order valence-electron chi connectivity index (χ3n) is 4.72. The number of halogens is 1. The van der Waals surface area contributed by atoms with Crippen molar-refractivity contribution >= 4 is 15.9 Å². The van der Waals surface area contributed by atoms with E-state index in [2.05, 4.69) is 40.9 Å². The summed E-state index contributed by atoms with van der Waals surface area (Å²) >= 11 is 3.66. The topological polar surface area (TPSA) is 41.6 Å². The molecule has 4 heteroatoms. The van der Waals surface area contributed by atoms with Crippen LogP contribution in [0, 0.1) is 29.6 Å². The molecule has 1 aliphatic rings. The second kappa shape index (κ2) is 6.30. The van der Waals surface area contributed by atoms with E-state index in [9.17, 15) is 5.26 Å². The molecule has 1 aromatic heterocycles. The second-order valence-electron chi connectivity index (χ2n) is 6.10. The lowest BCUT2D eigenvalue weighted by Crippen LogP contribution is -2.30. The number of aryl methyl sites for hydroxylation is 2. The third-order valence-corrected chi connectivity index (χ3v) is 5.75. The molecule has 3 nitrogen and oxygen atoms in total. The molecule has 1 heterocycles. The highest BCUT2D eigenvalue weighted by Crippen LogP contribution is 2.43. The lowest BCUT2D eigenvalue weighted by atomic mass is 9.67. The van der Waals surface area contributed by atoms with Crippen LogP contribution in [-0.4, -0.2) is 9.78 Å². The van der Waals surface area contributed by atoms with Gasteiger partial charge < -0.3 is 0 Å². The quantitative estimate of drug-likeness (QED) is 0.803. The van der Waals surface area contributed by atoms with Crippen molar-refractivity contribution in [1.82, 2.24) is 9.78 Å². The van der Waals surface area contributed by atoms with E-state index < -0.39 is 0 Å². The van der Waals surface area contributed by atoms with Crippen molar-refractivity contribution in [1.29, 1.82) is 5.26 Å². The molecule has 1 saturated carbocycles. The number of nitrogens with zero attached hydrogens (tertiary/aromatic N) is 3. The fourth-order valence-corrected chi connectivity index (χ4v) is 3.92. The van der Waals surface area contributed by atoms with E-state index in [1.54, 1.807) is 0 Å². The first-order valence-corrected chi connectivity index (χ1v) is 8.47. The van der Waals surface area contributed by atoms with Crippen molar-refractivity contribution in [2.45, 2.75) is 65.8 Å². The fraction of sp³-hybridized carbons (Fsp3) is 0.750. The van der Waals surface area contributed by atoms with E-state index in [-0.39, 0.29) is 5.41 Å². The standard InChI is InChI=1S/C16H24BrN3/c1-4-13-7-6-8-16(9-13,11-18)10-14-15(17)12(3)19-20(14)5-2/h13H,4-10H2,1-3H3. The molecule has 0 N–H and O–H groups in total. The Labute approximate surface area is 130 Å². The van der Waals surface area contributed by atoms with Gasteiger partial charge in [-0.2, -0.15) is 10.4 Å². The highest BCUT2D eigenvalue weighted by Gasteiger charge is 2.37. The Morgan fingerprint density at radius 3 is 2.85 bits per heavy atom. The minimum Gasteiger partial charge on any atom is -0.268 e. The minimum absolute atomic E-state index is 0.194. The number of rotatable bonds is 4. The Kier molecular flexibility index (Phi) is 4.90. The van der Waals surface area contributed by atoms with Gasteiger partial charge in [-0.25, -0.2) is 0 Å². The van der Waals surface area contributed by atoms with Gasteiger partial charge in [-0.1, -0.05) is 26.2 Å². The van der Waals surface area contributed by atoms with Gasteiger partial charge in [0.05, 0.1) is 27.3 Å². The van der Waals surface area contributed by atoms with Gasteiger partial charge >= 0.3 is 0 Å². The molecule has 0 bridgehead atoms.